The van der Waals surface area contributed by atoms with Gasteiger partial charge in [-0.05, 0) is 6.07 Å². The predicted octanol–water partition coefficient (Wildman–Crippen LogP) is 5.36. The Morgan fingerprint density at radius 1 is 0.531 bits per heavy atom. The minimum Gasteiger partial charge on any atom is -0.295 e. The van der Waals surface area contributed by atoms with Crippen molar-refractivity contribution in [2.24, 2.45) is 0 Å². The van der Waals surface area contributed by atoms with Gasteiger partial charge in [0.1, 0.15) is 0 Å². The molecule has 0 atom stereocenters. The Morgan fingerprint density at radius 3 is 1.72 bits per heavy atom. The largest absolute Gasteiger partial charge is 2.00 e. The van der Waals surface area contributed by atoms with Gasteiger partial charge in [-0.2, -0.15) is 42.0 Å². The molecule has 0 unspecified atom stereocenters. The van der Waals surface area contributed by atoms with Crippen molar-refractivity contribution < 1.29 is 16.5 Å². The number of aromatic nitrogens is 1. The van der Waals surface area contributed by atoms with E-state index in [0.29, 0.717) is 0 Å². The predicted molar refractivity (Wildman–Crippen MR) is 131 cm³/mol. The monoisotopic (exact) mass is 452 g/mol. The average molecular weight is 453 g/mol. The van der Waals surface area contributed by atoms with Gasteiger partial charge in [-0.3, -0.25) is 4.98 Å². The summed E-state index contributed by atoms with van der Waals surface area (Å²) in [6.07, 6.45) is 1.80. The van der Waals surface area contributed by atoms with Crippen LogP contribution in [-0.2, 0) is 16.5 Å². The number of pyridine rings is 1. The number of hydrogen-bond donors (Lipinski definition) is 0. The van der Waals surface area contributed by atoms with Crippen LogP contribution >= 0.6 is 0 Å². The molecule has 0 aliphatic heterocycles. The average Bonchev–Trinajstić information content (AvgIpc) is 2.87. The molecule has 0 bridgehead atoms. The van der Waals surface area contributed by atoms with Gasteiger partial charge in [-0.15, -0.1) is 23.8 Å². The number of rotatable bonds is 4. The molecule has 0 N–H and O–H groups in total. The van der Waals surface area contributed by atoms with Gasteiger partial charge in [-0.25, -0.2) is 5.56 Å². The van der Waals surface area contributed by atoms with Gasteiger partial charge >= 0.3 is 16.5 Å². The van der Waals surface area contributed by atoms with Crippen molar-refractivity contribution in [1.82, 2.24) is 4.98 Å². The molecular weight excluding hydrogens is 432 g/mol. The van der Waals surface area contributed by atoms with E-state index in [0.717, 1.165) is 22.4 Å². The van der Waals surface area contributed by atoms with Crippen molar-refractivity contribution in [2.45, 2.75) is 0 Å². The molecule has 0 spiro atoms. The van der Waals surface area contributed by atoms with E-state index in [1.165, 1.54) is 10.9 Å². The fourth-order valence-electron chi connectivity index (χ4n) is 3.15. The molecule has 1 radical (unpaired) electrons. The Balaban J connectivity index is 0.000000184. The maximum absolute atomic E-state index is 4.34. The van der Waals surface area contributed by atoms with E-state index < -0.39 is 0 Å². The molecule has 155 valence electrons. The summed E-state index contributed by atoms with van der Waals surface area (Å²) in [4.78, 5) is 4.34. The van der Waals surface area contributed by atoms with E-state index in [9.17, 15) is 0 Å². The van der Waals surface area contributed by atoms with Gasteiger partial charge in [0.25, 0.3) is 0 Å². The molecule has 3 heteroatoms. The first-order valence-electron chi connectivity index (χ1n) is 10.2. The van der Waals surface area contributed by atoms with Gasteiger partial charge in [0.05, 0.1) is 0 Å². The van der Waals surface area contributed by atoms with Crippen molar-refractivity contribution in [3.05, 3.63) is 140 Å². The Hall–Kier alpha value is -3.41. The van der Waals surface area contributed by atoms with Crippen LogP contribution in [-0.4, -0.2) is 12.3 Å². The fraction of sp³-hybridized carbons (Fsp3) is 0. The van der Waals surface area contributed by atoms with Crippen LogP contribution in [0.5, 0.6) is 0 Å². The third-order valence-corrected chi connectivity index (χ3v) is 4.67. The van der Waals surface area contributed by atoms with E-state index in [4.69, 9.17) is 0 Å². The van der Waals surface area contributed by atoms with Gasteiger partial charge in [0.15, 0.2) is 7.28 Å². The summed E-state index contributed by atoms with van der Waals surface area (Å²) in [5.74, 6) is 0. The van der Waals surface area contributed by atoms with Crippen LogP contribution in [0.4, 0.5) is 0 Å². The summed E-state index contributed by atoms with van der Waals surface area (Å²) < 4.78 is 0. The van der Waals surface area contributed by atoms with E-state index in [-0.39, 0.29) is 16.5 Å². The zero-order valence-electron chi connectivity index (χ0n) is 17.5. The van der Waals surface area contributed by atoms with E-state index in [2.05, 4.69) is 72.9 Å². The molecule has 0 aliphatic rings. The molecular formula is C29H21BNNi. The second kappa shape index (κ2) is 12.4. The fourth-order valence-corrected chi connectivity index (χ4v) is 3.15. The summed E-state index contributed by atoms with van der Waals surface area (Å²) in [5.41, 5.74) is 6.53. The molecule has 1 nitrogen and oxygen atoms in total. The molecule has 0 saturated heterocycles. The first kappa shape index (κ1) is 23.3. The second-order valence-electron chi connectivity index (χ2n) is 6.94. The summed E-state index contributed by atoms with van der Waals surface area (Å²) in [6, 6.07) is 47.2. The molecule has 1 heterocycles. The minimum atomic E-state index is 0. The Bertz CT molecular complexity index is 1090. The first-order chi connectivity index (χ1) is 15.4. The maximum atomic E-state index is 4.34. The molecule has 4 aromatic carbocycles. The van der Waals surface area contributed by atoms with Gasteiger partial charge < -0.3 is 0 Å². The third-order valence-electron chi connectivity index (χ3n) is 4.67. The zero-order valence-corrected chi connectivity index (χ0v) is 18.5. The third kappa shape index (κ3) is 6.80. The van der Waals surface area contributed by atoms with Crippen molar-refractivity contribution >= 4 is 18.2 Å². The van der Waals surface area contributed by atoms with Crippen molar-refractivity contribution in [1.29, 1.82) is 0 Å². The van der Waals surface area contributed by atoms with Crippen molar-refractivity contribution in [2.75, 3.05) is 0 Å². The minimum absolute atomic E-state index is 0. The SMILES string of the molecule is [B](c1ccccc1)c1ccccc1.[Ni+2].[c-]1ccccc1-c1[c-]c(-c2ccccn2)ccc1. The van der Waals surface area contributed by atoms with Crippen LogP contribution in [0.15, 0.2) is 128 Å². The van der Waals surface area contributed by atoms with Crippen LogP contribution < -0.4 is 10.9 Å². The summed E-state index contributed by atoms with van der Waals surface area (Å²) in [5, 5.41) is 0. The molecule has 0 aliphatic carbocycles. The second-order valence-corrected chi connectivity index (χ2v) is 6.94. The number of nitrogens with zero attached hydrogens (tertiary/aromatic N) is 1. The first-order valence-corrected chi connectivity index (χ1v) is 10.2. The molecule has 32 heavy (non-hydrogen) atoms. The van der Waals surface area contributed by atoms with Crippen LogP contribution in [0.25, 0.3) is 22.4 Å². The maximum Gasteiger partial charge on any atom is 2.00 e. The molecule has 0 saturated carbocycles. The summed E-state index contributed by atoms with van der Waals surface area (Å²) in [7, 11) is 2.17. The van der Waals surface area contributed by atoms with Crippen LogP contribution in [0.2, 0.25) is 0 Å². The zero-order chi connectivity index (χ0) is 21.1. The standard InChI is InChI=1S/C17H11N.C12H10B.Ni/c1-2-7-14(8-3-1)15-9-6-10-16(13-15)17-11-4-5-12-18-17;1-3-7-11(8-4-1)13-12-9-5-2-6-10-12;/h1-7,9-12H;1-10H;/q-2;;+2. The van der Waals surface area contributed by atoms with Crippen LogP contribution in [0.3, 0.4) is 0 Å². The molecule has 0 amide bonds. The molecule has 1 aromatic heterocycles. The topological polar surface area (TPSA) is 12.9 Å². The Morgan fingerprint density at radius 2 is 1.12 bits per heavy atom. The van der Waals surface area contributed by atoms with Gasteiger partial charge in [0.2, 0.25) is 0 Å². The molecule has 0 fully saturated rings. The van der Waals surface area contributed by atoms with Crippen LogP contribution in [0, 0.1) is 12.1 Å². The number of hydrogen-bond acceptors (Lipinski definition) is 1. The van der Waals surface area contributed by atoms with Gasteiger partial charge in [0, 0.05) is 11.9 Å². The van der Waals surface area contributed by atoms with Crippen LogP contribution in [0.1, 0.15) is 0 Å². The molecule has 5 aromatic rings. The van der Waals surface area contributed by atoms with E-state index in [1.807, 2.05) is 72.8 Å². The Labute approximate surface area is 201 Å². The van der Waals surface area contributed by atoms with Gasteiger partial charge in [-0.1, -0.05) is 83.7 Å². The smallest absolute Gasteiger partial charge is 0.295 e. The summed E-state index contributed by atoms with van der Waals surface area (Å²) >= 11 is 0. The van der Waals surface area contributed by atoms with Crippen molar-refractivity contribution in [3.8, 4) is 22.4 Å². The van der Waals surface area contributed by atoms with Crippen molar-refractivity contribution in [3.63, 3.8) is 0 Å². The quantitative estimate of drug-likeness (QED) is 0.264. The van der Waals surface area contributed by atoms with E-state index >= 15 is 0 Å². The number of benzene rings is 4. The normalized spacial score (nSPS) is 9.62. The van der Waals surface area contributed by atoms with E-state index in [1.54, 1.807) is 6.20 Å². The Kier molecular flexibility index (Phi) is 9.04. The summed E-state index contributed by atoms with van der Waals surface area (Å²) in [6.45, 7) is 0. The molecule has 5 rings (SSSR count).